The van der Waals surface area contributed by atoms with Gasteiger partial charge in [0.2, 0.25) is 12.1 Å². The zero-order valence-corrected chi connectivity index (χ0v) is 13.1. The number of nitrogens with zero attached hydrogens (tertiary/aromatic N) is 4. The minimum absolute atomic E-state index is 0.171. The van der Waals surface area contributed by atoms with Crippen molar-refractivity contribution < 1.29 is 4.92 Å². The van der Waals surface area contributed by atoms with Crippen molar-refractivity contribution in [2.24, 2.45) is 13.0 Å². The second-order valence-corrected chi connectivity index (χ2v) is 5.79. The van der Waals surface area contributed by atoms with E-state index in [4.69, 9.17) is 0 Å². The Morgan fingerprint density at radius 1 is 1.35 bits per heavy atom. The van der Waals surface area contributed by atoms with Gasteiger partial charge in [-0.3, -0.25) is 4.57 Å². The fourth-order valence-electron chi connectivity index (χ4n) is 2.54. The fourth-order valence-corrected chi connectivity index (χ4v) is 2.54. The first-order valence-corrected chi connectivity index (χ1v) is 7.34. The van der Waals surface area contributed by atoms with Gasteiger partial charge in [0.25, 0.3) is 0 Å². The number of benzene rings is 1. The normalized spacial score (nSPS) is 12.7. The topological polar surface area (TPSA) is 102 Å². The number of aromatic amines is 1. The molecule has 120 valence electrons. The Morgan fingerprint density at radius 3 is 2.74 bits per heavy atom. The number of fused-ring (bicyclic) bond motifs is 1. The summed E-state index contributed by atoms with van der Waals surface area (Å²) in [5, 5.41) is 14.3. The quantitative estimate of drug-likeness (QED) is 0.557. The highest BCUT2D eigenvalue weighted by Crippen LogP contribution is 2.30. The molecule has 0 unspecified atom stereocenters. The molecule has 0 radical (unpaired) electrons. The molecule has 1 aromatic carbocycles. The van der Waals surface area contributed by atoms with Gasteiger partial charge in [-0.1, -0.05) is 26.0 Å². The van der Waals surface area contributed by atoms with Crippen molar-refractivity contribution >= 4 is 22.7 Å². The number of aryl methyl sites for hydroxylation is 1. The number of imidazole rings is 2. The number of anilines is 1. The van der Waals surface area contributed by atoms with Gasteiger partial charge in [-0.25, -0.2) is 4.98 Å². The van der Waals surface area contributed by atoms with Gasteiger partial charge in [-0.05, 0) is 28.0 Å². The first kappa shape index (κ1) is 15.0. The number of nitrogens with one attached hydrogen (secondary N) is 2. The van der Waals surface area contributed by atoms with E-state index in [1.165, 1.54) is 6.33 Å². The first-order chi connectivity index (χ1) is 11.0. The number of hydrogen-bond acceptors (Lipinski definition) is 5. The Morgan fingerprint density at radius 2 is 2.09 bits per heavy atom. The van der Waals surface area contributed by atoms with E-state index in [-0.39, 0.29) is 17.8 Å². The van der Waals surface area contributed by atoms with Crippen LogP contribution in [0.25, 0.3) is 11.0 Å². The van der Waals surface area contributed by atoms with Crippen LogP contribution in [-0.2, 0) is 7.05 Å². The van der Waals surface area contributed by atoms with Crippen LogP contribution in [0.3, 0.4) is 0 Å². The molecule has 0 saturated heterocycles. The zero-order valence-electron chi connectivity index (χ0n) is 13.1. The monoisotopic (exact) mass is 314 g/mol. The molecule has 0 spiro atoms. The number of rotatable bonds is 5. The molecule has 0 aliphatic rings. The Balaban J connectivity index is 2.00. The standard InChI is InChI=1S/C15H18N6O2/c1-9(2)12(13-17-10-6-4-5-7-11(10)18-13)19-15-14(21(22)23)16-8-20(15)3/h4-9,12,19H,1-3H3,(H,17,18)/t12-/m0/s1. The summed E-state index contributed by atoms with van der Waals surface area (Å²) >= 11 is 0. The van der Waals surface area contributed by atoms with Gasteiger partial charge >= 0.3 is 5.82 Å². The second-order valence-electron chi connectivity index (χ2n) is 5.79. The van der Waals surface area contributed by atoms with Gasteiger partial charge in [0.15, 0.2) is 0 Å². The van der Waals surface area contributed by atoms with Crippen LogP contribution >= 0.6 is 0 Å². The summed E-state index contributed by atoms with van der Waals surface area (Å²) in [5.41, 5.74) is 1.81. The molecule has 23 heavy (non-hydrogen) atoms. The maximum absolute atomic E-state index is 11.1. The maximum atomic E-state index is 11.1. The average Bonchev–Trinajstić information content (AvgIpc) is 3.07. The smallest absolute Gasteiger partial charge is 0.358 e. The molecule has 0 bridgehead atoms. The van der Waals surface area contributed by atoms with Crippen molar-refractivity contribution in [3.63, 3.8) is 0 Å². The van der Waals surface area contributed by atoms with Crippen molar-refractivity contribution in [3.8, 4) is 0 Å². The van der Waals surface area contributed by atoms with E-state index in [1.807, 2.05) is 38.1 Å². The Bertz CT molecular complexity index is 818. The van der Waals surface area contributed by atoms with Crippen LogP contribution in [0.4, 0.5) is 11.6 Å². The van der Waals surface area contributed by atoms with Gasteiger partial charge < -0.3 is 20.4 Å². The lowest BCUT2D eigenvalue weighted by molar-refractivity contribution is -0.388. The third kappa shape index (κ3) is 2.75. The van der Waals surface area contributed by atoms with Crippen LogP contribution in [0.1, 0.15) is 25.7 Å². The number of nitro groups is 1. The maximum Gasteiger partial charge on any atom is 0.406 e. The Labute approximate surface area is 132 Å². The van der Waals surface area contributed by atoms with E-state index in [2.05, 4.69) is 20.3 Å². The second kappa shape index (κ2) is 5.71. The summed E-state index contributed by atoms with van der Waals surface area (Å²) in [4.78, 5) is 22.4. The zero-order chi connectivity index (χ0) is 16.6. The number of hydrogen-bond donors (Lipinski definition) is 2. The number of aromatic nitrogens is 4. The number of H-pyrrole nitrogens is 1. The molecule has 1 atom stereocenters. The predicted molar refractivity (Wildman–Crippen MR) is 87.2 cm³/mol. The molecule has 0 amide bonds. The van der Waals surface area contributed by atoms with E-state index in [0.717, 1.165) is 16.9 Å². The van der Waals surface area contributed by atoms with E-state index in [1.54, 1.807) is 11.6 Å². The van der Waals surface area contributed by atoms with Gasteiger partial charge in [0.1, 0.15) is 5.82 Å². The van der Waals surface area contributed by atoms with Crippen molar-refractivity contribution in [2.75, 3.05) is 5.32 Å². The molecule has 0 fully saturated rings. The van der Waals surface area contributed by atoms with Crippen molar-refractivity contribution in [1.29, 1.82) is 0 Å². The van der Waals surface area contributed by atoms with E-state index in [0.29, 0.717) is 5.82 Å². The van der Waals surface area contributed by atoms with Gasteiger partial charge in [-0.2, -0.15) is 0 Å². The van der Waals surface area contributed by atoms with Gasteiger partial charge in [-0.15, -0.1) is 0 Å². The molecule has 8 nitrogen and oxygen atoms in total. The summed E-state index contributed by atoms with van der Waals surface area (Å²) < 4.78 is 1.61. The van der Waals surface area contributed by atoms with Crippen LogP contribution in [0, 0.1) is 16.0 Å². The molecule has 2 aromatic heterocycles. The van der Waals surface area contributed by atoms with Gasteiger partial charge in [0.05, 0.1) is 17.1 Å². The van der Waals surface area contributed by atoms with E-state index >= 15 is 0 Å². The van der Waals surface area contributed by atoms with Crippen molar-refractivity contribution in [3.05, 3.63) is 46.5 Å². The highest BCUT2D eigenvalue weighted by molar-refractivity contribution is 5.75. The highest BCUT2D eigenvalue weighted by atomic mass is 16.6. The van der Waals surface area contributed by atoms with Crippen LogP contribution in [0.15, 0.2) is 30.6 Å². The lowest BCUT2D eigenvalue weighted by atomic mass is 10.0. The molecule has 3 rings (SSSR count). The molecule has 3 aromatic rings. The Kier molecular flexibility index (Phi) is 3.73. The Hall–Kier alpha value is -2.90. The lowest BCUT2D eigenvalue weighted by Crippen LogP contribution is -2.20. The molecular formula is C15H18N6O2. The van der Waals surface area contributed by atoms with Crippen LogP contribution < -0.4 is 5.32 Å². The first-order valence-electron chi connectivity index (χ1n) is 7.34. The molecule has 0 aliphatic heterocycles. The molecule has 0 saturated carbocycles. The molecule has 2 heterocycles. The summed E-state index contributed by atoms with van der Waals surface area (Å²) in [7, 11) is 1.72. The third-order valence-corrected chi connectivity index (χ3v) is 3.75. The van der Waals surface area contributed by atoms with Crippen LogP contribution in [0.2, 0.25) is 0 Å². The predicted octanol–water partition coefficient (Wildman–Crippen LogP) is 3.01. The molecule has 0 aliphatic carbocycles. The minimum Gasteiger partial charge on any atom is -0.358 e. The highest BCUT2D eigenvalue weighted by Gasteiger charge is 2.26. The number of para-hydroxylation sites is 2. The van der Waals surface area contributed by atoms with E-state index in [9.17, 15) is 10.1 Å². The fraction of sp³-hybridized carbons (Fsp3) is 0.333. The van der Waals surface area contributed by atoms with E-state index < -0.39 is 4.92 Å². The largest absolute Gasteiger partial charge is 0.406 e. The SMILES string of the molecule is CC(C)[C@H](Nc1c([N+](=O)[O-])ncn1C)c1nc2ccccc2[nH]1. The summed E-state index contributed by atoms with van der Waals surface area (Å²) in [6, 6.07) is 7.55. The average molecular weight is 314 g/mol. The summed E-state index contributed by atoms with van der Waals surface area (Å²) in [6.07, 6.45) is 1.43. The van der Waals surface area contributed by atoms with Crippen LogP contribution in [0.5, 0.6) is 0 Å². The van der Waals surface area contributed by atoms with Crippen molar-refractivity contribution in [1.82, 2.24) is 19.5 Å². The van der Waals surface area contributed by atoms with Crippen LogP contribution in [-0.4, -0.2) is 24.4 Å². The lowest BCUT2D eigenvalue weighted by Gasteiger charge is -2.21. The third-order valence-electron chi connectivity index (χ3n) is 3.75. The van der Waals surface area contributed by atoms with Crippen molar-refractivity contribution in [2.45, 2.75) is 19.9 Å². The molecular weight excluding hydrogens is 296 g/mol. The molecule has 8 heteroatoms. The van der Waals surface area contributed by atoms with Gasteiger partial charge in [0, 0.05) is 7.05 Å². The summed E-state index contributed by atoms with van der Waals surface area (Å²) in [5.74, 6) is 1.10. The minimum atomic E-state index is -0.488. The summed E-state index contributed by atoms with van der Waals surface area (Å²) in [6.45, 7) is 4.07. The molecule has 2 N–H and O–H groups in total.